The van der Waals surface area contributed by atoms with E-state index in [1.54, 1.807) is 31.3 Å². The average molecular weight is 349 g/mol. The number of benzene rings is 2. The third kappa shape index (κ3) is 1.94. The van der Waals surface area contributed by atoms with Crippen LogP contribution in [0.1, 0.15) is 11.1 Å². The Balaban J connectivity index is 2.02. The quantitative estimate of drug-likeness (QED) is 0.782. The highest BCUT2D eigenvalue weighted by Crippen LogP contribution is 2.55. The third-order valence-electron chi connectivity index (χ3n) is 5.06. The third-order valence-corrected chi connectivity index (χ3v) is 5.06. The molecule has 2 aromatic rings. The molecule has 0 radical (unpaired) electrons. The van der Waals surface area contributed by atoms with Crippen molar-refractivity contribution >= 4 is 23.1 Å². The van der Waals surface area contributed by atoms with Gasteiger partial charge in [0.25, 0.3) is 0 Å². The van der Waals surface area contributed by atoms with Crippen molar-refractivity contribution in [2.24, 2.45) is 0 Å². The number of para-hydroxylation sites is 1. The summed E-state index contributed by atoms with van der Waals surface area (Å²) in [6.07, 6.45) is 3.30. The lowest BCUT2D eigenvalue weighted by Gasteiger charge is -2.29. The number of ether oxygens (including phenoxy) is 1. The second kappa shape index (κ2) is 5.66. The number of nitrogens with zero attached hydrogens (tertiary/aromatic N) is 1. The summed E-state index contributed by atoms with van der Waals surface area (Å²) in [4.78, 5) is 27.5. The molecule has 0 unspecified atom stereocenters. The highest BCUT2D eigenvalue weighted by atomic mass is 19.1. The van der Waals surface area contributed by atoms with Crippen LogP contribution < -0.4 is 4.90 Å². The van der Waals surface area contributed by atoms with Crippen LogP contribution in [0.15, 0.2) is 66.3 Å². The molecule has 2 aromatic carbocycles. The van der Waals surface area contributed by atoms with Gasteiger partial charge in [-0.1, -0.05) is 36.4 Å². The molecule has 4 rings (SSSR count). The van der Waals surface area contributed by atoms with E-state index in [4.69, 9.17) is 4.74 Å². The minimum atomic E-state index is -1.33. The zero-order valence-electron chi connectivity index (χ0n) is 14.3. The Morgan fingerprint density at radius 2 is 1.88 bits per heavy atom. The number of hydrogen-bond acceptors (Lipinski definition) is 3. The van der Waals surface area contributed by atoms with Crippen LogP contribution in [0.4, 0.5) is 10.1 Å². The maximum atomic E-state index is 13.9. The van der Waals surface area contributed by atoms with Crippen LogP contribution in [-0.4, -0.2) is 26.0 Å². The largest absolute Gasteiger partial charge is 0.466 e. The van der Waals surface area contributed by atoms with E-state index in [0.29, 0.717) is 16.7 Å². The van der Waals surface area contributed by atoms with Gasteiger partial charge in [-0.05, 0) is 35.4 Å². The van der Waals surface area contributed by atoms with Gasteiger partial charge in [-0.3, -0.25) is 4.79 Å². The van der Waals surface area contributed by atoms with Crippen LogP contribution in [0.5, 0.6) is 0 Å². The molecule has 26 heavy (non-hydrogen) atoms. The van der Waals surface area contributed by atoms with Crippen molar-refractivity contribution in [2.45, 2.75) is 5.41 Å². The van der Waals surface area contributed by atoms with Crippen molar-refractivity contribution in [3.63, 3.8) is 0 Å². The molecule has 0 bridgehead atoms. The maximum absolute atomic E-state index is 13.9. The molecule has 1 aliphatic heterocycles. The van der Waals surface area contributed by atoms with Gasteiger partial charge in [0, 0.05) is 18.3 Å². The van der Waals surface area contributed by atoms with Crippen molar-refractivity contribution in [2.75, 3.05) is 19.1 Å². The molecule has 1 spiro atoms. The van der Waals surface area contributed by atoms with E-state index in [0.717, 1.165) is 5.69 Å². The number of likely N-dealkylation sites (N-methyl/N-ethyl adjacent to an activating group) is 1. The topological polar surface area (TPSA) is 46.6 Å². The van der Waals surface area contributed by atoms with Crippen molar-refractivity contribution < 1.29 is 18.7 Å². The van der Waals surface area contributed by atoms with Gasteiger partial charge >= 0.3 is 5.97 Å². The number of anilines is 1. The van der Waals surface area contributed by atoms with Crippen LogP contribution in [-0.2, 0) is 19.7 Å². The molecule has 4 nitrogen and oxygen atoms in total. The number of fused-ring (bicyclic) bond motifs is 2. The summed E-state index contributed by atoms with van der Waals surface area (Å²) < 4.78 is 18.8. The zero-order chi connectivity index (χ0) is 18.5. The SMILES string of the molecule is COC(=O)C1=CC=C(c2cccc(F)c2)[C@]12C(=O)N(C)c1ccccc12. The normalized spacial score (nSPS) is 20.9. The number of carbonyl (C=O) groups excluding carboxylic acids is 2. The first-order valence-electron chi connectivity index (χ1n) is 8.16. The number of methoxy groups -OCH3 is 1. The molecule has 1 heterocycles. The van der Waals surface area contributed by atoms with Crippen molar-refractivity contribution in [1.29, 1.82) is 0 Å². The number of halogens is 1. The van der Waals surface area contributed by atoms with E-state index in [-0.39, 0.29) is 11.5 Å². The Bertz CT molecular complexity index is 1010. The van der Waals surface area contributed by atoms with Crippen molar-refractivity contribution in [3.05, 3.63) is 83.2 Å². The van der Waals surface area contributed by atoms with E-state index >= 15 is 0 Å². The van der Waals surface area contributed by atoms with E-state index in [9.17, 15) is 14.0 Å². The van der Waals surface area contributed by atoms with Crippen LogP contribution in [0.2, 0.25) is 0 Å². The Morgan fingerprint density at radius 1 is 1.12 bits per heavy atom. The number of allylic oxidation sites excluding steroid dienone is 2. The fourth-order valence-electron chi connectivity index (χ4n) is 3.94. The van der Waals surface area contributed by atoms with Gasteiger partial charge in [-0.15, -0.1) is 0 Å². The Kier molecular flexibility index (Phi) is 3.54. The zero-order valence-corrected chi connectivity index (χ0v) is 14.3. The Hall–Kier alpha value is -3.21. The molecule has 0 saturated heterocycles. The molecule has 0 fully saturated rings. The second-order valence-electron chi connectivity index (χ2n) is 6.29. The summed E-state index contributed by atoms with van der Waals surface area (Å²) in [7, 11) is 2.96. The monoisotopic (exact) mass is 349 g/mol. The standard InChI is InChI=1S/C21H16FNO3/c1-23-18-9-4-3-8-16(18)21(20(23)25)15(10-11-17(21)19(24)26-2)13-6-5-7-14(22)12-13/h3-12H,1-2H3/t21-/m1/s1. The minimum absolute atomic E-state index is 0.237. The summed E-state index contributed by atoms with van der Waals surface area (Å²) in [5.74, 6) is -1.24. The Morgan fingerprint density at radius 3 is 2.62 bits per heavy atom. The number of amides is 1. The highest BCUT2D eigenvalue weighted by molar-refractivity contribution is 6.24. The first kappa shape index (κ1) is 16.3. The number of rotatable bonds is 2. The lowest BCUT2D eigenvalue weighted by molar-refractivity contribution is -0.137. The van der Waals surface area contributed by atoms with Crippen LogP contribution in [0.25, 0.3) is 5.57 Å². The van der Waals surface area contributed by atoms with Crippen LogP contribution in [0.3, 0.4) is 0 Å². The lowest BCUT2D eigenvalue weighted by Crippen LogP contribution is -2.42. The van der Waals surface area contributed by atoms with E-state index in [1.807, 2.05) is 24.3 Å². The van der Waals surface area contributed by atoms with Gasteiger partial charge in [-0.2, -0.15) is 0 Å². The van der Waals surface area contributed by atoms with Crippen LogP contribution >= 0.6 is 0 Å². The highest BCUT2D eigenvalue weighted by Gasteiger charge is 2.58. The summed E-state index contributed by atoms with van der Waals surface area (Å²) in [5.41, 5.74) is 1.44. The Labute approximate surface area is 150 Å². The first-order chi connectivity index (χ1) is 12.5. The van der Waals surface area contributed by atoms with E-state index < -0.39 is 17.2 Å². The summed E-state index contributed by atoms with van der Waals surface area (Å²) in [6, 6.07) is 13.4. The molecule has 1 aliphatic carbocycles. The fourth-order valence-corrected chi connectivity index (χ4v) is 3.94. The molecule has 0 N–H and O–H groups in total. The molecule has 130 valence electrons. The average Bonchev–Trinajstić information content (AvgIpc) is 3.15. The summed E-state index contributed by atoms with van der Waals surface area (Å²) in [5, 5.41) is 0. The van der Waals surface area contributed by atoms with Gasteiger partial charge in [0.15, 0.2) is 0 Å². The number of hydrogen-bond donors (Lipinski definition) is 0. The predicted octanol–water partition coefficient (Wildman–Crippen LogP) is 3.24. The summed E-state index contributed by atoms with van der Waals surface area (Å²) >= 11 is 0. The van der Waals surface area contributed by atoms with Crippen molar-refractivity contribution in [1.82, 2.24) is 0 Å². The maximum Gasteiger partial charge on any atom is 0.335 e. The molecule has 0 aromatic heterocycles. The summed E-state index contributed by atoms with van der Waals surface area (Å²) in [6.45, 7) is 0. The molecule has 2 aliphatic rings. The van der Waals surface area contributed by atoms with Gasteiger partial charge in [0.05, 0.1) is 12.7 Å². The molecular formula is C21H16FNO3. The molecular weight excluding hydrogens is 333 g/mol. The lowest BCUT2D eigenvalue weighted by atomic mass is 9.70. The predicted molar refractivity (Wildman–Crippen MR) is 96.0 cm³/mol. The molecule has 1 atom stereocenters. The van der Waals surface area contributed by atoms with Gasteiger partial charge in [0.1, 0.15) is 11.2 Å². The second-order valence-corrected chi connectivity index (χ2v) is 6.29. The van der Waals surface area contributed by atoms with Crippen molar-refractivity contribution in [3.8, 4) is 0 Å². The minimum Gasteiger partial charge on any atom is -0.466 e. The number of esters is 1. The first-order valence-corrected chi connectivity index (χ1v) is 8.16. The van der Waals surface area contributed by atoms with E-state index in [2.05, 4.69) is 0 Å². The van der Waals surface area contributed by atoms with Crippen LogP contribution in [0, 0.1) is 5.82 Å². The van der Waals surface area contributed by atoms with E-state index in [1.165, 1.54) is 24.1 Å². The molecule has 0 saturated carbocycles. The van der Waals surface area contributed by atoms with Gasteiger partial charge < -0.3 is 9.64 Å². The number of carbonyl (C=O) groups is 2. The van der Waals surface area contributed by atoms with Gasteiger partial charge in [-0.25, -0.2) is 9.18 Å². The van der Waals surface area contributed by atoms with Gasteiger partial charge in [0.2, 0.25) is 5.91 Å². The molecule has 5 heteroatoms. The fraction of sp³-hybridized carbons (Fsp3) is 0.143. The smallest absolute Gasteiger partial charge is 0.335 e. The molecule has 1 amide bonds.